The minimum absolute atomic E-state index is 0.131. The van der Waals surface area contributed by atoms with Gasteiger partial charge in [-0.2, -0.15) is 0 Å². The maximum atomic E-state index is 6.48. The molecule has 0 amide bonds. The highest BCUT2D eigenvalue weighted by atomic mass is 16.3. The van der Waals surface area contributed by atoms with Crippen molar-refractivity contribution in [3.63, 3.8) is 0 Å². The molecular weight excluding hydrogens is 260 g/mol. The Labute approximate surface area is 123 Å². The Balaban J connectivity index is 1.72. The van der Waals surface area contributed by atoms with E-state index in [9.17, 15) is 0 Å². The lowest BCUT2D eigenvalue weighted by atomic mass is 9.95. The lowest BCUT2D eigenvalue weighted by Gasteiger charge is -2.17. The van der Waals surface area contributed by atoms with Crippen molar-refractivity contribution in [3.8, 4) is 0 Å². The number of rotatable bonds is 2. The number of aryl methyl sites for hydroxylation is 2. The van der Waals surface area contributed by atoms with Crippen molar-refractivity contribution in [1.29, 1.82) is 0 Å². The highest BCUT2D eigenvalue weighted by Crippen LogP contribution is 2.40. The first kappa shape index (κ1) is 12.6. The normalized spacial score (nSPS) is 18.9. The molecule has 4 rings (SSSR count). The van der Waals surface area contributed by atoms with Gasteiger partial charge >= 0.3 is 0 Å². The first-order valence-electron chi connectivity index (χ1n) is 7.42. The molecule has 0 saturated carbocycles. The molecule has 0 saturated heterocycles. The van der Waals surface area contributed by atoms with Gasteiger partial charge in [0.1, 0.15) is 11.3 Å². The van der Waals surface area contributed by atoms with Crippen molar-refractivity contribution in [3.05, 3.63) is 65.2 Å². The van der Waals surface area contributed by atoms with Gasteiger partial charge in [-0.15, -0.1) is 0 Å². The Morgan fingerprint density at radius 1 is 1.29 bits per heavy atom. The maximum absolute atomic E-state index is 6.48. The molecule has 106 valence electrons. The molecule has 1 aliphatic rings. The third-order valence-corrected chi connectivity index (χ3v) is 4.45. The molecule has 0 spiro atoms. The average molecular weight is 278 g/mol. The molecule has 0 radical (unpaired) electrons. The fourth-order valence-corrected chi connectivity index (χ4v) is 3.34. The van der Waals surface area contributed by atoms with Crippen LogP contribution in [0.15, 0.2) is 47.0 Å². The predicted molar refractivity (Wildman–Crippen MR) is 83.2 cm³/mol. The van der Waals surface area contributed by atoms with Crippen LogP contribution in [-0.2, 0) is 6.42 Å². The van der Waals surface area contributed by atoms with Crippen LogP contribution in [0.4, 0.5) is 0 Å². The summed E-state index contributed by atoms with van der Waals surface area (Å²) in [6.07, 6.45) is 3.95. The Kier molecular flexibility index (Phi) is 2.82. The van der Waals surface area contributed by atoms with Crippen molar-refractivity contribution < 1.29 is 4.42 Å². The van der Waals surface area contributed by atoms with Crippen LogP contribution in [0.5, 0.6) is 0 Å². The largest absolute Gasteiger partial charge is 0.459 e. The summed E-state index contributed by atoms with van der Waals surface area (Å²) in [5.74, 6) is 1.11. The lowest BCUT2D eigenvalue weighted by Crippen LogP contribution is -2.18. The monoisotopic (exact) mass is 278 g/mol. The van der Waals surface area contributed by atoms with Gasteiger partial charge in [-0.25, -0.2) is 0 Å². The molecule has 0 bridgehead atoms. The number of aromatic nitrogens is 1. The number of furan rings is 1. The number of pyridine rings is 1. The molecular formula is C18H18N2O. The molecule has 2 aromatic heterocycles. The topological polar surface area (TPSA) is 52.0 Å². The Morgan fingerprint density at radius 3 is 3.10 bits per heavy atom. The fraction of sp³-hybridized carbons (Fsp3) is 0.278. The van der Waals surface area contributed by atoms with Gasteiger partial charge in [0.15, 0.2) is 0 Å². The highest BCUT2D eigenvalue weighted by Gasteiger charge is 2.31. The van der Waals surface area contributed by atoms with Gasteiger partial charge in [0.25, 0.3) is 0 Å². The van der Waals surface area contributed by atoms with E-state index in [0.29, 0.717) is 0 Å². The van der Waals surface area contributed by atoms with E-state index in [2.05, 4.69) is 36.2 Å². The number of nitrogens with zero attached hydrogens (tertiary/aromatic N) is 1. The fourth-order valence-electron chi connectivity index (χ4n) is 3.34. The van der Waals surface area contributed by atoms with E-state index in [-0.39, 0.29) is 12.0 Å². The second-order valence-electron chi connectivity index (χ2n) is 5.91. The summed E-state index contributed by atoms with van der Waals surface area (Å²) in [5, 5.41) is 1.12. The average Bonchev–Trinajstić information content (AvgIpc) is 3.09. The van der Waals surface area contributed by atoms with Crippen molar-refractivity contribution in [2.45, 2.75) is 31.7 Å². The van der Waals surface area contributed by atoms with Gasteiger partial charge in [0, 0.05) is 23.2 Å². The SMILES string of the molecule is Cc1ccc2oc(C(N)C3CCc4cccnc43)cc2c1. The molecule has 2 atom stereocenters. The molecule has 3 aromatic rings. The molecule has 2 heterocycles. The van der Waals surface area contributed by atoms with E-state index in [1.807, 2.05) is 18.3 Å². The molecule has 3 heteroatoms. The number of hydrogen-bond donors (Lipinski definition) is 1. The van der Waals surface area contributed by atoms with Crippen LogP contribution in [0.25, 0.3) is 11.0 Å². The molecule has 3 nitrogen and oxygen atoms in total. The molecule has 2 unspecified atom stereocenters. The van der Waals surface area contributed by atoms with Crippen molar-refractivity contribution in [2.24, 2.45) is 5.73 Å². The smallest absolute Gasteiger partial charge is 0.134 e. The Hall–Kier alpha value is -2.13. The zero-order valence-corrected chi connectivity index (χ0v) is 12.0. The van der Waals surface area contributed by atoms with Crippen LogP contribution < -0.4 is 5.73 Å². The second-order valence-corrected chi connectivity index (χ2v) is 5.91. The van der Waals surface area contributed by atoms with Crippen molar-refractivity contribution >= 4 is 11.0 Å². The summed E-state index contributed by atoms with van der Waals surface area (Å²) in [5.41, 5.74) is 11.1. The van der Waals surface area contributed by atoms with Crippen LogP contribution in [0.1, 0.15) is 41.0 Å². The highest BCUT2D eigenvalue weighted by molar-refractivity contribution is 5.78. The third-order valence-electron chi connectivity index (χ3n) is 4.45. The number of fused-ring (bicyclic) bond motifs is 2. The van der Waals surface area contributed by atoms with E-state index in [0.717, 1.165) is 35.3 Å². The van der Waals surface area contributed by atoms with Gasteiger partial charge in [0.2, 0.25) is 0 Å². The summed E-state index contributed by atoms with van der Waals surface area (Å²) in [6, 6.07) is 12.3. The Morgan fingerprint density at radius 2 is 2.19 bits per heavy atom. The minimum atomic E-state index is -0.131. The minimum Gasteiger partial charge on any atom is -0.459 e. The van der Waals surface area contributed by atoms with E-state index in [1.165, 1.54) is 11.1 Å². The van der Waals surface area contributed by atoms with Crippen LogP contribution in [0, 0.1) is 6.92 Å². The van der Waals surface area contributed by atoms with Gasteiger partial charge in [-0.3, -0.25) is 4.98 Å². The molecule has 21 heavy (non-hydrogen) atoms. The first-order chi connectivity index (χ1) is 10.2. The predicted octanol–water partition coefficient (Wildman–Crippen LogP) is 3.87. The van der Waals surface area contributed by atoms with Gasteiger partial charge < -0.3 is 10.2 Å². The number of benzene rings is 1. The first-order valence-corrected chi connectivity index (χ1v) is 7.42. The molecule has 0 aliphatic heterocycles. The number of nitrogens with two attached hydrogens (primary N) is 1. The standard InChI is InChI=1S/C18H18N2O/c1-11-4-7-15-13(9-11)10-16(21-15)17(19)14-6-5-12-3-2-8-20-18(12)14/h2-4,7-10,14,17H,5-6,19H2,1H3. The van der Waals surface area contributed by atoms with E-state index in [4.69, 9.17) is 10.2 Å². The zero-order chi connectivity index (χ0) is 14.4. The molecule has 1 aliphatic carbocycles. The summed E-state index contributed by atoms with van der Waals surface area (Å²) in [7, 11) is 0. The second kappa shape index (κ2) is 4.71. The van der Waals surface area contributed by atoms with Crippen LogP contribution in [0.2, 0.25) is 0 Å². The third kappa shape index (κ3) is 2.05. The summed E-state index contributed by atoms with van der Waals surface area (Å²) in [6.45, 7) is 2.09. The van der Waals surface area contributed by atoms with Gasteiger partial charge in [-0.05, 0) is 49.6 Å². The van der Waals surface area contributed by atoms with Crippen LogP contribution >= 0.6 is 0 Å². The lowest BCUT2D eigenvalue weighted by molar-refractivity contribution is 0.437. The zero-order valence-electron chi connectivity index (χ0n) is 12.0. The molecule has 1 aromatic carbocycles. The van der Waals surface area contributed by atoms with E-state index >= 15 is 0 Å². The van der Waals surface area contributed by atoms with Crippen LogP contribution in [-0.4, -0.2) is 4.98 Å². The summed E-state index contributed by atoms with van der Waals surface area (Å²) in [4.78, 5) is 4.53. The Bertz CT molecular complexity index is 806. The quantitative estimate of drug-likeness (QED) is 0.774. The van der Waals surface area contributed by atoms with Crippen molar-refractivity contribution in [2.75, 3.05) is 0 Å². The van der Waals surface area contributed by atoms with Crippen LogP contribution in [0.3, 0.4) is 0 Å². The van der Waals surface area contributed by atoms with Gasteiger partial charge in [0.05, 0.1) is 6.04 Å². The van der Waals surface area contributed by atoms with E-state index in [1.54, 1.807) is 0 Å². The molecule has 2 N–H and O–H groups in total. The van der Waals surface area contributed by atoms with Crippen molar-refractivity contribution in [1.82, 2.24) is 4.98 Å². The maximum Gasteiger partial charge on any atom is 0.134 e. The molecule has 0 fully saturated rings. The summed E-state index contributed by atoms with van der Waals surface area (Å²) < 4.78 is 5.96. The van der Waals surface area contributed by atoms with E-state index < -0.39 is 0 Å². The number of hydrogen-bond acceptors (Lipinski definition) is 3. The summed E-state index contributed by atoms with van der Waals surface area (Å²) >= 11 is 0. The van der Waals surface area contributed by atoms with Gasteiger partial charge in [-0.1, -0.05) is 17.7 Å².